The molecule has 0 saturated carbocycles. The second kappa shape index (κ2) is 10.9. The summed E-state index contributed by atoms with van der Waals surface area (Å²) in [6.45, 7) is 7.71. The first-order valence-electron chi connectivity index (χ1n) is 7.20. The van der Waals surface area contributed by atoms with Gasteiger partial charge in [-0.2, -0.15) is 0 Å². The largest absolute Gasteiger partial charge is 0.380 e. The van der Waals surface area contributed by atoms with Crippen LogP contribution in [0.5, 0.6) is 0 Å². The minimum absolute atomic E-state index is 0.809. The van der Waals surface area contributed by atoms with Gasteiger partial charge in [0.15, 0.2) is 0 Å². The van der Waals surface area contributed by atoms with Gasteiger partial charge >= 0.3 is 0 Å². The van der Waals surface area contributed by atoms with Crippen molar-refractivity contribution in [3.63, 3.8) is 0 Å². The number of rotatable bonds is 11. The van der Waals surface area contributed by atoms with Crippen LogP contribution in [0.3, 0.4) is 0 Å². The van der Waals surface area contributed by atoms with Gasteiger partial charge in [0.05, 0.1) is 12.3 Å². The molecule has 1 heterocycles. The molecule has 1 rings (SSSR count). The van der Waals surface area contributed by atoms with Crippen LogP contribution in [0.4, 0.5) is 0 Å². The maximum Gasteiger partial charge on any atom is 0.0590 e. The van der Waals surface area contributed by atoms with E-state index in [1.807, 2.05) is 18.3 Å². The molecule has 0 saturated heterocycles. The highest BCUT2D eigenvalue weighted by Crippen LogP contribution is 1.97. The Hall–Kier alpha value is -0.970. The van der Waals surface area contributed by atoms with Gasteiger partial charge in [0.2, 0.25) is 0 Å². The summed E-state index contributed by atoms with van der Waals surface area (Å²) < 4.78 is 5.49. The topological polar surface area (TPSA) is 37.4 Å². The fourth-order valence-corrected chi connectivity index (χ4v) is 1.73. The Morgan fingerprint density at radius 1 is 1.26 bits per heavy atom. The van der Waals surface area contributed by atoms with E-state index in [4.69, 9.17) is 4.74 Å². The van der Waals surface area contributed by atoms with E-state index in [-0.39, 0.29) is 0 Å². The highest BCUT2D eigenvalue weighted by molar-refractivity contribution is 5.02. The van der Waals surface area contributed by atoms with Crippen molar-refractivity contribution in [3.05, 3.63) is 30.1 Å². The van der Waals surface area contributed by atoms with Crippen LogP contribution >= 0.6 is 0 Å². The molecular weight excluding hydrogens is 238 g/mol. The second-order valence-corrected chi connectivity index (χ2v) is 4.77. The molecule has 4 nitrogen and oxygen atoms in total. The summed E-state index contributed by atoms with van der Waals surface area (Å²) in [5.74, 6) is 0. The molecule has 0 bridgehead atoms. The van der Waals surface area contributed by atoms with E-state index in [0.29, 0.717) is 0 Å². The van der Waals surface area contributed by atoms with Crippen LogP contribution in [0.15, 0.2) is 24.4 Å². The Balaban J connectivity index is 1.94. The Labute approximate surface area is 117 Å². The molecule has 0 aliphatic heterocycles. The molecule has 108 valence electrons. The molecular formula is C15H27N3O. The van der Waals surface area contributed by atoms with Crippen LogP contribution in [0.2, 0.25) is 0 Å². The van der Waals surface area contributed by atoms with Crippen molar-refractivity contribution >= 4 is 0 Å². The van der Waals surface area contributed by atoms with Crippen LogP contribution < -0.4 is 5.32 Å². The van der Waals surface area contributed by atoms with Gasteiger partial charge in [-0.25, -0.2) is 0 Å². The Bertz CT molecular complexity index is 306. The predicted molar refractivity (Wildman–Crippen MR) is 79.2 cm³/mol. The Kier molecular flexibility index (Phi) is 9.23. The van der Waals surface area contributed by atoms with E-state index < -0.39 is 0 Å². The summed E-state index contributed by atoms with van der Waals surface area (Å²) in [6, 6.07) is 6.04. The molecule has 1 aromatic rings. The van der Waals surface area contributed by atoms with E-state index in [9.17, 15) is 0 Å². The summed E-state index contributed by atoms with van der Waals surface area (Å²) in [4.78, 5) is 6.59. The summed E-state index contributed by atoms with van der Waals surface area (Å²) in [5.41, 5.74) is 1.12. The number of unbranched alkanes of at least 4 members (excludes halogenated alkanes) is 1. The predicted octanol–water partition coefficient (Wildman–Crippen LogP) is 1.92. The van der Waals surface area contributed by atoms with Gasteiger partial charge in [0.1, 0.15) is 0 Å². The van der Waals surface area contributed by atoms with Crippen LogP contribution in [-0.2, 0) is 11.3 Å². The van der Waals surface area contributed by atoms with E-state index in [1.165, 1.54) is 6.42 Å². The molecule has 0 unspecified atom stereocenters. The maximum absolute atomic E-state index is 5.49. The number of nitrogens with one attached hydrogen (secondary N) is 1. The van der Waals surface area contributed by atoms with E-state index >= 15 is 0 Å². The molecule has 0 radical (unpaired) electrons. The maximum atomic E-state index is 5.49. The molecule has 19 heavy (non-hydrogen) atoms. The average Bonchev–Trinajstić information content (AvgIpc) is 2.43. The van der Waals surface area contributed by atoms with Crippen molar-refractivity contribution in [2.24, 2.45) is 0 Å². The number of hydrogen-bond acceptors (Lipinski definition) is 4. The number of likely N-dealkylation sites (N-methyl/N-ethyl adjacent to an activating group) is 1. The minimum Gasteiger partial charge on any atom is -0.380 e. The van der Waals surface area contributed by atoms with Crippen LogP contribution in [0, 0.1) is 0 Å². The quantitative estimate of drug-likeness (QED) is 0.620. The molecule has 0 spiro atoms. The van der Waals surface area contributed by atoms with Gasteiger partial charge in [-0.1, -0.05) is 19.4 Å². The molecule has 0 aliphatic rings. The first-order chi connectivity index (χ1) is 9.33. The van der Waals surface area contributed by atoms with Crippen LogP contribution in [0.25, 0.3) is 0 Å². The van der Waals surface area contributed by atoms with E-state index in [2.05, 4.69) is 35.2 Å². The normalized spacial score (nSPS) is 11.1. The zero-order valence-corrected chi connectivity index (χ0v) is 12.3. The lowest BCUT2D eigenvalue weighted by Crippen LogP contribution is -2.31. The third kappa shape index (κ3) is 8.70. The van der Waals surface area contributed by atoms with Crippen molar-refractivity contribution in [1.29, 1.82) is 0 Å². The highest BCUT2D eigenvalue weighted by atomic mass is 16.5. The standard InChI is InChI=1S/C15H27N3O/c1-3-4-12-19-13-10-16-9-11-18(2)14-15-7-5-6-8-17-15/h5-8,16H,3-4,9-14H2,1-2H3. The first kappa shape index (κ1) is 16.1. The molecule has 0 atom stereocenters. The second-order valence-electron chi connectivity index (χ2n) is 4.77. The summed E-state index contributed by atoms with van der Waals surface area (Å²) >= 11 is 0. The lowest BCUT2D eigenvalue weighted by molar-refractivity contribution is 0.132. The van der Waals surface area contributed by atoms with Crippen molar-refractivity contribution in [2.75, 3.05) is 39.9 Å². The zero-order chi connectivity index (χ0) is 13.8. The molecule has 0 aromatic carbocycles. The summed E-state index contributed by atoms with van der Waals surface area (Å²) in [7, 11) is 2.12. The molecule has 1 N–H and O–H groups in total. The smallest absolute Gasteiger partial charge is 0.0590 e. The van der Waals surface area contributed by atoms with Crippen molar-refractivity contribution in [3.8, 4) is 0 Å². The molecule has 0 fully saturated rings. The van der Waals surface area contributed by atoms with E-state index in [1.54, 1.807) is 0 Å². The highest BCUT2D eigenvalue weighted by Gasteiger charge is 2.00. The molecule has 0 amide bonds. The number of pyridine rings is 1. The molecule has 1 aromatic heterocycles. The average molecular weight is 265 g/mol. The van der Waals surface area contributed by atoms with Crippen molar-refractivity contribution < 1.29 is 4.74 Å². The third-order valence-corrected chi connectivity index (χ3v) is 2.89. The first-order valence-corrected chi connectivity index (χ1v) is 7.20. The van der Waals surface area contributed by atoms with Crippen molar-refractivity contribution in [1.82, 2.24) is 15.2 Å². The molecule has 4 heteroatoms. The van der Waals surface area contributed by atoms with Crippen LogP contribution in [0.1, 0.15) is 25.5 Å². The van der Waals surface area contributed by atoms with Gasteiger partial charge < -0.3 is 10.1 Å². The number of nitrogens with zero attached hydrogens (tertiary/aromatic N) is 2. The Morgan fingerprint density at radius 3 is 2.89 bits per heavy atom. The van der Waals surface area contributed by atoms with Gasteiger partial charge in [-0.05, 0) is 25.6 Å². The lowest BCUT2D eigenvalue weighted by atomic mass is 10.3. The zero-order valence-electron chi connectivity index (χ0n) is 12.3. The van der Waals surface area contributed by atoms with Crippen molar-refractivity contribution in [2.45, 2.75) is 26.3 Å². The fraction of sp³-hybridized carbons (Fsp3) is 0.667. The van der Waals surface area contributed by atoms with Gasteiger partial charge in [0, 0.05) is 39.0 Å². The lowest BCUT2D eigenvalue weighted by Gasteiger charge is -2.16. The van der Waals surface area contributed by atoms with Gasteiger partial charge in [-0.3, -0.25) is 9.88 Å². The van der Waals surface area contributed by atoms with E-state index in [0.717, 1.165) is 51.5 Å². The SMILES string of the molecule is CCCCOCCNCCN(C)Cc1ccccn1. The molecule has 0 aliphatic carbocycles. The third-order valence-electron chi connectivity index (χ3n) is 2.89. The number of aromatic nitrogens is 1. The summed E-state index contributed by atoms with van der Waals surface area (Å²) in [6.07, 6.45) is 4.20. The Morgan fingerprint density at radius 2 is 2.16 bits per heavy atom. The van der Waals surface area contributed by atoms with Gasteiger partial charge in [-0.15, -0.1) is 0 Å². The fourth-order valence-electron chi connectivity index (χ4n) is 1.73. The number of hydrogen-bond donors (Lipinski definition) is 1. The summed E-state index contributed by atoms with van der Waals surface area (Å²) in [5, 5.41) is 3.39. The van der Waals surface area contributed by atoms with Crippen LogP contribution in [-0.4, -0.2) is 49.8 Å². The monoisotopic (exact) mass is 265 g/mol. The number of ether oxygens (including phenoxy) is 1. The van der Waals surface area contributed by atoms with Gasteiger partial charge in [0.25, 0.3) is 0 Å². The minimum atomic E-state index is 0.809.